The lowest BCUT2D eigenvalue weighted by Crippen LogP contribution is -2.43. The van der Waals surface area contributed by atoms with Gasteiger partial charge in [-0.25, -0.2) is 4.99 Å². The van der Waals surface area contributed by atoms with Gasteiger partial charge in [0.15, 0.2) is 5.84 Å². The molecule has 1 unspecified atom stereocenters. The summed E-state index contributed by atoms with van der Waals surface area (Å²) >= 11 is 0. The molecular weight excluding hydrogens is 402 g/mol. The number of dihydropyridines is 1. The van der Waals surface area contributed by atoms with Gasteiger partial charge in [0, 0.05) is 37.4 Å². The molecule has 158 valence electrons. The summed E-state index contributed by atoms with van der Waals surface area (Å²) in [5, 5.41) is 11.3. The fourth-order valence-electron chi connectivity index (χ4n) is 4.38. The maximum Gasteiger partial charge on any atom is 0.284 e. The SMILES string of the molecule is O=C1N=C(N2CCOCC2)N=C2N=C3CCCC(=O)C3C(c3cccc([N+](=O)[O-])c3)=C12. The maximum atomic E-state index is 13.2. The van der Waals surface area contributed by atoms with Crippen molar-refractivity contribution in [1.82, 2.24) is 4.90 Å². The molecule has 3 heterocycles. The lowest BCUT2D eigenvalue weighted by Gasteiger charge is -2.33. The number of hydrogen-bond acceptors (Lipinski definition) is 8. The summed E-state index contributed by atoms with van der Waals surface area (Å²) in [7, 11) is 0. The highest BCUT2D eigenvalue weighted by atomic mass is 16.6. The first-order valence-corrected chi connectivity index (χ1v) is 10.2. The molecule has 1 saturated carbocycles. The second-order valence-electron chi connectivity index (χ2n) is 7.70. The first kappa shape index (κ1) is 19.4. The lowest BCUT2D eigenvalue weighted by atomic mass is 9.74. The van der Waals surface area contributed by atoms with E-state index >= 15 is 0 Å². The third-order valence-corrected chi connectivity index (χ3v) is 5.83. The van der Waals surface area contributed by atoms with Gasteiger partial charge in [0.1, 0.15) is 5.78 Å². The number of benzene rings is 1. The van der Waals surface area contributed by atoms with E-state index in [9.17, 15) is 19.7 Å². The van der Waals surface area contributed by atoms with Crippen LogP contribution in [0, 0.1) is 16.0 Å². The summed E-state index contributed by atoms with van der Waals surface area (Å²) in [6.45, 7) is 2.17. The first-order valence-electron chi connectivity index (χ1n) is 10.2. The number of ketones is 1. The van der Waals surface area contributed by atoms with Gasteiger partial charge in [-0.3, -0.25) is 19.7 Å². The zero-order chi connectivity index (χ0) is 21.5. The van der Waals surface area contributed by atoms with Crippen molar-refractivity contribution in [2.45, 2.75) is 19.3 Å². The van der Waals surface area contributed by atoms with E-state index < -0.39 is 16.7 Å². The molecule has 2 fully saturated rings. The van der Waals surface area contributed by atoms with Gasteiger partial charge in [-0.2, -0.15) is 9.98 Å². The Morgan fingerprint density at radius 3 is 2.68 bits per heavy atom. The van der Waals surface area contributed by atoms with Crippen LogP contribution in [-0.4, -0.2) is 65.3 Å². The molecule has 1 aromatic carbocycles. The van der Waals surface area contributed by atoms with E-state index in [2.05, 4.69) is 15.0 Å². The van der Waals surface area contributed by atoms with Crippen LogP contribution in [0.15, 0.2) is 44.8 Å². The molecule has 0 radical (unpaired) electrons. The van der Waals surface area contributed by atoms with Crippen LogP contribution in [0.2, 0.25) is 0 Å². The van der Waals surface area contributed by atoms with Crippen LogP contribution in [0.25, 0.3) is 5.57 Å². The number of nitrogens with zero attached hydrogens (tertiary/aromatic N) is 5. The van der Waals surface area contributed by atoms with Crippen LogP contribution in [0.1, 0.15) is 24.8 Å². The second kappa shape index (κ2) is 7.62. The Balaban J connectivity index is 1.67. The molecule has 1 saturated heterocycles. The number of ether oxygens (including phenoxy) is 1. The summed E-state index contributed by atoms with van der Waals surface area (Å²) in [4.78, 5) is 52.1. The molecule has 31 heavy (non-hydrogen) atoms. The maximum absolute atomic E-state index is 13.2. The normalized spacial score (nSPS) is 23.5. The van der Waals surface area contributed by atoms with Crippen LogP contribution in [0.3, 0.4) is 0 Å². The summed E-state index contributed by atoms with van der Waals surface area (Å²) in [6.07, 6.45) is 1.66. The van der Waals surface area contributed by atoms with Crippen molar-refractivity contribution in [3.05, 3.63) is 45.5 Å². The largest absolute Gasteiger partial charge is 0.378 e. The third-order valence-electron chi connectivity index (χ3n) is 5.83. The standard InChI is InChI=1S/C21H19N5O5/c27-15-6-2-5-14-17(15)16(12-3-1-4-13(11-12)26(29)30)18-19(22-14)23-21(24-20(18)28)25-7-9-31-10-8-25/h1,3-4,11,17H,2,5-10H2. The fraction of sp³-hybridized carbons (Fsp3) is 0.381. The van der Waals surface area contributed by atoms with Gasteiger partial charge >= 0.3 is 0 Å². The summed E-state index contributed by atoms with van der Waals surface area (Å²) < 4.78 is 5.35. The number of allylic oxidation sites excluding steroid dienone is 1. The number of amidine groups is 1. The Hall–Kier alpha value is -3.53. The van der Waals surface area contributed by atoms with Gasteiger partial charge in [-0.05, 0) is 24.0 Å². The van der Waals surface area contributed by atoms with E-state index in [0.717, 1.165) is 0 Å². The van der Waals surface area contributed by atoms with Crippen molar-refractivity contribution >= 4 is 40.5 Å². The molecule has 1 atom stereocenters. The number of hydrogen-bond donors (Lipinski definition) is 0. The Morgan fingerprint density at radius 2 is 1.90 bits per heavy atom. The van der Waals surface area contributed by atoms with Crippen molar-refractivity contribution in [1.29, 1.82) is 0 Å². The van der Waals surface area contributed by atoms with Crippen molar-refractivity contribution in [2.75, 3.05) is 26.3 Å². The van der Waals surface area contributed by atoms with Gasteiger partial charge in [-0.1, -0.05) is 12.1 Å². The number of nitro groups is 1. The number of fused-ring (bicyclic) bond motifs is 2. The molecular formula is C21H19N5O5. The van der Waals surface area contributed by atoms with E-state index in [4.69, 9.17) is 4.74 Å². The minimum atomic E-state index is -0.700. The molecule has 10 nitrogen and oxygen atoms in total. The average molecular weight is 421 g/mol. The number of carbonyl (C=O) groups excluding carboxylic acids is 2. The minimum absolute atomic E-state index is 0.0474. The Bertz CT molecular complexity index is 1130. The van der Waals surface area contributed by atoms with Crippen molar-refractivity contribution in [3.8, 4) is 0 Å². The van der Waals surface area contributed by atoms with E-state index in [0.29, 0.717) is 62.4 Å². The number of amides is 1. The second-order valence-corrected chi connectivity index (χ2v) is 7.70. The number of rotatable bonds is 2. The van der Waals surface area contributed by atoms with Gasteiger partial charge in [0.25, 0.3) is 11.6 Å². The highest BCUT2D eigenvalue weighted by molar-refractivity contribution is 6.38. The molecule has 3 aliphatic heterocycles. The number of Topliss-reactive ketones (excluding diaryl/α,β-unsaturated/α-hetero) is 1. The van der Waals surface area contributed by atoms with Gasteiger partial charge in [-0.15, -0.1) is 0 Å². The number of guanidine groups is 1. The summed E-state index contributed by atoms with van der Waals surface area (Å²) in [5.41, 5.74) is 1.56. The van der Waals surface area contributed by atoms with Crippen LogP contribution < -0.4 is 0 Å². The lowest BCUT2D eigenvalue weighted by molar-refractivity contribution is -0.384. The molecule has 1 amide bonds. The Morgan fingerprint density at radius 1 is 1.10 bits per heavy atom. The predicted octanol–water partition coefficient (Wildman–Crippen LogP) is 1.80. The number of carbonyl (C=O) groups is 2. The smallest absolute Gasteiger partial charge is 0.284 e. The van der Waals surface area contributed by atoms with Crippen LogP contribution in [0.5, 0.6) is 0 Å². The van der Waals surface area contributed by atoms with Gasteiger partial charge in [0.05, 0.1) is 29.6 Å². The highest BCUT2D eigenvalue weighted by Crippen LogP contribution is 2.40. The average Bonchev–Trinajstić information content (AvgIpc) is 2.78. The zero-order valence-corrected chi connectivity index (χ0v) is 16.6. The van der Waals surface area contributed by atoms with Crippen LogP contribution in [-0.2, 0) is 14.3 Å². The molecule has 0 N–H and O–H groups in total. The van der Waals surface area contributed by atoms with E-state index in [1.54, 1.807) is 12.1 Å². The Labute approximate surface area is 177 Å². The topological polar surface area (TPSA) is 127 Å². The molecule has 0 aromatic heterocycles. The molecule has 0 spiro atoms. The van der Waals surface area contributed by atoms with Gasteiger partial charge < -0.3 is 9.64 Å². The predicted molar refractivity (Wildman–Crippen MR) is 112 cm³/mol. The monoisotopic (exact) mass is 421 g/mol. The van der Waals surface area contributed by atoms with Crippen LogP contribution in [0.4, 0.5) is 5.69 Å². The number of morpholine rings is 1. The third kappa shape index (κ3) is 3.38. The van der Waals surface area contributed by atoms with E-state index in [1.165, 1.54) is 12.1 Å². The van der Waals surface area contributed by atoms with Crippen molar-refractivity contribution < 1.29 is 19.2 Å². The summed E-state index contributed by atoms with van der Waals surface area (Å²) in [6, 6.07) is 5.99. The molecule has 1 aliphatic carbocycles. The molecule has 4 aliphatic rings. The quantitative estimate of drug-likeness (QED) is 0.529. The first-order chi connectivity index (χ1) is 15.0. The number of aliphatic imine (C=N–C) groups is 3. The summed E-state index contributed by atoms with van der Waals surface area (Å²) in [5.74, 6) is -0.767. The molecule has 5 rings (SSSR count). The number of non-ortho nitro benzene ring substituents is 1. The van der Waals surface area contributed by atoms with Crippen molar-refractivity contribution in [2.24, 2.45) is 20.9 Å². The molecule has 1 aromatic rings. The highest BCUT2D eigenvalue weighted by Gasteiger charge is 2.42. The Kier molecular flexibility index (Phi) is 4.78. The zero-order valence-electron chi connectivity index (χ0n) is 16.6. The number of nitro benzene ring substituents is 1. The minimum Gasteiger partial charge on any atom is -0.378 e. The molecule has 0 bridgehead atoms. The molecule has 10 heteroatoms. The fourth-order valence-corrected chi connectivity index (χ4v) is 4.38. The van der Waals surface area contributed by atoms with E-state index in [1.807, 2.05) is 4.90 Å². The van der Waals surface area contributed by atoms with Crippen molar-refractivity contribution in [3.63, 3.8) is 0 Å². The van der Waals surface area contributed by atoms with Crippen LogP contribution >= 0.6 is 0 Å². The van der Waals surface area contributed by atoms with E-state index in [-0.39, 0.29) is 28.8 Å². The van der Waals surface area contributed by atoms with Gasteiger partial charge in [0.2, 0.25) is 5.96 Å².